The van der Waals surface area contributed by atoms with E-state index in [0.717, 1.165) is 0 Å². The van der Waals surface area contributed by atoms with Gasteiger partial charge in [-0.3, -0.25) is 4.55 Å². The molecule has 0 aromatic heterocycles. The Hall–Kier alpha value is 0.180. The highest BCUT2D eigenvalue weighted by Crippen LogP contribution is 2.11. The molecule has 7 heteroatoms. The molecule has 0 saturated carbocycles. The molecule has 0 amide bonds. The standard InChI is InChI=1S/C14H30.C2H7NO4S2/c1-3-5-7-9-11-13-14-12-10-8-6-4-2;3-2(1-8)7-9(4,5)6/h3-14H2,1-2H3;2,8H,1,3H2,(H,4,5,6). The van der Waals surface area contributed by atoms with Gasteiger partial charge in [-0.2, -0.15) is 21.0 Å². The number of nitrogens with two attached hydrogens (primary N) is 1. The molecule has 0 bridgehead atoms. The Balaban J connectivity index is 0. The van der Waals surface area contributed by atoms with Gasteiger partial charge in [0.25, 0.3) is 0 Å². The predicted octanol–water partition coefficient (Wildman–Crippen LogP) is 4.73. The van der Waals surface area contributed by atoms with Crippen molar-refractivity contribution in [3.8, 4) is 0 Å². The lowest BCUT2D eigenvalue weighted by atomic mass is 10.1. The van der Waals surface area contributed by atoms with Crippen LogP contribution in [0.3, 0.4) is 0 Å². The second-order valence-electron chi connectivity index (χ2n) is 5.78. The van der Waals surface area contributed by atoms with Crippen molar-refractivity contribution in [3.63, 3.8) is 0 Å². The zero-order valence-corrected chi connectivity index (χ0v) is 16.6. The van der Waals surface area contributed by atoms with Crippen LogP contribution in [0.5, 0.6) is 0 Å². The summed E-state index contributed by atoms with van der Waals surface area (Å²) in [7, 11) is -4.41. The van der Waals surface area contributed by atoms with Gasteiger partial charge in [0.05, 0.1) is 0 Å². The Morgan fingerprint density at radius 3 is 1.35 bits per heavy atom. The van der Waals surface area contributed by atoms with Gasteiger partial charge < -0.3 is 5.73 Å². The van der Waals surface area contributed by atoms with E-state index in [0.29, 0.717) is 0 Å². The van der Waals surface area contributed by atoms with Crippen LogP contribution in [0.1, 0.15) is 90.9 Å². The molecule has 0 aromatic carbocycles. The van der Waals surface area contributed by atoms with Crippen molar-refractivity contribution in [3.05, 3.63) is 0 Å². The van der Waals surface area contributed by atoms with E-state index in [1.165, 1.54) is 77.0 Å². The number of thiol groups is 1. The highest BCUT2D eigenvalue weighted by molar-refractivity contribution is 7.81. The summed E-state index contributed by atoms with van der Waals surface area (Å²) in [5.41, 5.74) is 4.92. The van der Waals surface area contributed by atoms with Gasteiger partial charge in [-0.15, -0.1) is 0 Å². The Morgan fingerprint density at radius 2 is 1.17 bits per heavy atom. The van der Waals surface area contributed by atoms with E-state index in [1.807, 2.05) is 0 Å². The molecule has 142 valence electrons. The van der Waals surface area contributed by atoms with Crippen molar-refractivity contribution in [1.82, 2.24) is 0 Å². The summed E-state index contributed by atoms with van der Waals surface area (Å²) in [6, 6.07) is 0. The smallest absolute Gasteiger partial charge is 0.304 e. The molecule has 0 aliphatic carbocycles. The lowest BCUT2D eigenvalue weighted by Crippen LogP contribution is -2.28. The molecular formula is C16H37NO4S2. The first-order valence-electron chi connectivity index (χ1n) is 8.89. The summed E-state index contributed by atoms with van der Waals surface area (Å²) in [5.74, 6) is 0.0276. The van der Waals surface area contributed by atoms with E-state index in [2.05, 4.69) is 30.7 Å². The van der Waals surface area contributed by atoms with Crippen molar-refractivity contribution < 1.29 is 17.2 Å². The third kappa shape index (κ3) is 27.3. The van der Waals surface area contributed by atoms with Crippen molar-refractivity contribution in [2.45, 2.75) is 97.1 Å². The lowest BCUT2D eigenvalue weighted by Gasteiger charge is -2.04. The van der Waals surface area contributed by atoms with Gasteiger partial charge in [-0.1, -0.05) is 90.9 Å². The summed E-state index contributed by atoms with van der Waals surface area (Å²) < 4.78 is 31.4. The molecule has 0 heterocycles. The summed E-state index contributed by atoms with van der Waals surface area (Å²) in [5, 5.41) is 0. The Labute approximate surface area is 149 Å². The zero-order chi connectivity index (χ0) is 18.0. The van der Waals surface area contributed by atoms with Crippen molar-refractivity contribution in [1.29, 1.82) is 0 Å². The van der Waals surface area contributed by atoms with Gasteiger partial charge in [0.15, 0.2) is 0 Å². The summed E-state index contributed by atoms with van der Waals surface area (Å²) in [6.45, 7) is 4.57. The van der Waals surface area contributed by atoms with E-state index in [9.17, 15) is 8.42 Å². The van der Waals surface area contributed by atoms with Crippen LogP contribution in [0, 0.1) is 0 Å². The Bertz CT molecular complexity index is 312. The fourth-order valence-corrected chi connectivity index (χ4v) is 2.66. The van der Waals surface area contributed by atoms with Crippen LogP contribution >= 0.6 is 12.6 Å². The normalized spacial score (nSPS) is 12.6. The van der Waals surface area contributed by atoms with Crippen molar-refractivity contribution in [2.24, 2.45) is 5.73 Å². The lowest BCUT2D eigenvalue weighted by molar-refractivity contribution is 0.208. The molecule has 23 heavy (non-hydrogen) atoms. The van der Waals surface area contributed by atoms with Gasteiger partial charge in [-0.25, -0.2) is 4.18 Å². The van der Waals surface area contributed by atoms with Crippen LogP contribution in [0.2, 0.25) is 0 Å². The molecule has 0 rings (SSSR count). The van der Waals surface area contributed by atoms with Gasteiger partial charge in [0.1, 0.15) is 6.23 Å². The highest BCUT2D eigenvalue weighted by atomic mass is 32.3. The van der Waals surface area contributed by atoms with Crippen LogP contribution in [-0.2, 0) is 14.6 Å². The predicted molar refractivity (Wildman–Crippen MR) is 101 cm³/mol. The minimum Gasteiger partial charge on any atom is -0.304 e. The summed E-state index contributed by atoms with van der Waals surface area (Å²) in [6.07, 6.45) is 16.3. The first-order valence-corrected chi connectivity index (χ1v) is 10.9. The van der Waals surface area contributed by atoms with E-state index in [4.69, 9.17) is 10.3 Å². The molecule has 0 aliphatic heterocycles. The molecule has 3 N–H and O–H groups in total. The first-order chi connectivity index (χ1) is 10.9. The van der Waals surface area contributed by atoms with Gasteiger partial charge in [0, 0.05) is 5.75 Å². The van der Waals surface area contributed by atoms with Crippen LogP contribution < -0.4 is 5.73 Å². The van der Waals surface area contributed by atoms with E-state index in [1.54, 1.807) is 0 Å². The Kier molecular flexibility index (Phi) is 20.5. The quantitative estimate of drug-likeness (QED) is 0.178. The summed E-state index contributed by atoms with van der Waals surface area (Å²) in [4.78, 5) is 0. The molecular weight excluding hydrogens is 334 g/mol. The Morgan fingerprint density at radius 1 is 0.870 bits per heavy atom. The zero-order valence-electron chi connectivity index (χ0n) is 14.9. The maximum Gasteiger partial charge on any atom is 0.398 e. The molecule has 1 atom stereocenters. The average molecular weight is 372 g/mol. The minimum atomic E-state index is -4.41. The van der Waals surface area contributed by atoms with E-state index < -0.39 is 16.6 Å². The van der Waals surface area contributed by atoms with Crippen LogP contribution in [-0.4, -0.2) is 25.0 Å². The van der Waals surface area contributed by atoms with Gasteiger partial charge >= 0.3 is 10.4 Å². The SMILES string of the molecule is CCCCCCCCCCCCCC.NC(CS)OS(=O)(=O)O. The van der Waals surface area contributed by atoms with E-state index in [-0.39, 0.29) is 5.75 Å². The second kappa shape index (κ2) is 18.5. The topological polar surface area (TPSA) is 89.6 Å². The fraction of sp³-hybridized carbons (Fsp3) is 1.00. The number of rotatable bonds is 14. The number of unbranched alkanes of at least 4 members (excludes halogenated alkanes) is 11. The molecule has 0 fully saturated rings. The molecule has 0 aromatic rings. The van der Waals surface area contributed by atoms with Crippen LogP contribution in [0.4, 0.5) is 0 Å². The molecule has 0 aliphatic rings. The minimum absolute atomic E-state index is 0.0276. The van der Waals surface area contributed by atoms with Crippen LogP contribution in [0.25, 0.3) is 0 Å². The summed E-state index contributed by atoms with van der Waals surface area (Å²) >= 11 is 3.60. The second-order valence-corrected chi connectivity index (χ2v) is 7.19. The van der Waals surface area contributed by atoms with Crippen LogP contribution in [0.15, 0.2) is 0 Å². The molecule has 5 nitrogen and oxygen atoms in total. The van der Waals surface area contributed by atoms with Gasteiger partial charge in [-0.05, 0) is 0 Å². The first kappa shape index (κ1) is 25.4. The van der Waals surface area contributed by atoms with E-state index >= 15 is 0 Å². The van der Waals surface area contributed by atoms with Crippen molar-refractivity contribution in [2.75, 3.05) is 5.75 Å². The number of hydrogen-bond donors (Lipinski definition) is 3. The maximum absolute atomic E-state index is 9.82. The monoisotopic (exact) mass is 371 g/mol. The maximum atomic E-state index is 9.82. The third-order valence-corrected chi connectivity index (χ3v) is 4.23. The number of hydrogen-bond acceptors (Lipinski definition) is 5. The van der Waals surface area contributed by atoms with Crippen molar-refractivity contribution >= 4 is 23.0 Å². The average Bonchev–Trinajstić information content (AvgIpc) is 2.48. The largest absolute Gasteiger partial charge is 0.398 e. The molecule has 0 radical (unpaired) electrons. The molecule has 0 saturated heterocycles. The van der Waals surface area contributed by atoms with Gasteiger partial charge in [0.2, 0.25) is 0 Å². The molecule has 1 unspecified atom stereocenters. The third-order valence-electron chi connectivity index (χ3n) is 3.38. The highest BCUT2D eigenvalue weighted by Gasteiger charge is 2.09. The fourth-order valence-electron chi connectivity index (χ4n) is 2.10. The molecule has 0 spiro atoms.